The SMILES string of the molecule is CCc1nc(Cl)c(-c2ccccc2)n(CC(=O)O)c1=O. The molecule has 1 heterocycles. The van der Waals surface area contributed by atoms with Crippen molar-refractivity contribution in [1.29, 1.82) is 0 Å². The van der Waals surface area contributed by atoms with Crippen LogP contribution in [0.3, 0.4) is 0 Å². The summed E-state index contributed by atoms with van der Waals surface area (Å²) < 4.78 is 1.16. The van der Waals surface area contributed by atoms with Crippen LogP contribution in [0.1, 0.15) is 12.6 Å². The number of aliphatic carboxylic acids is 1. The molecule has 6 heteroatoms. The van der Waals surface area contributed by atoms with E-state index in [0.29, 0.717) is 17.7 Å². The zero-order valence-corrected chi connectivity index (χ0v) is 11.6. The second-order valence-corrected chi connectivity index (χ2v) is 4.56. The summed E-state index contributed by atoms with van der Waals surface area (Å²) >= 11 is 6.14. The third kappa shape index (κ3) is 2.72. The van der Waals surface area contributed by atoms with E-state index in [2.05, 4.69) is 4.98 Å². The number of hydrogen-bond donors (Lipinski definition) is 1. The van der Waals surface area contributed by atoms with E-state index in [1.807, 2.05) is 6.07 Å². The summed E-state index contributed by atoms with van der Waals surface area (Å²) in [6, 6.07) is 8.91. The van der Waals surface area contributed by atoms with E-state index >= 15 is 0 Å². The van der Waals surface area contributed by atoms with Crippen LogP contribution in [0.4, 0.5) is 0 Å². The predicted molar refractivity (Wildman–Crippen MR) is 76.0 cm³/mol. The lowest BCUT2D eigenvalue weighted by Crippen LogP contribution is -2.29. The molecule has 0 saturated heterocycles. The van der Waals surface area contributed by atoms with Gasteiger partial charge in [0.05, 0.1) is 5.69 Å². The summed E-state index contributed by atoms with van der Waals surface area (Å²) in [4.78, 5) is 27.3. The quantitative estimate of drug-likeness (QED) is 0.938. The van der Waals surface area contributed by atoms with Gasteiger partial charge in [-0.1, -0.05) is 48.9 Å². The molecule has 20 heavy (non-hydrogen) atoms. The van der Waals surface area contributed by atoms with Crippen molar-refractivity contribution in [2.24, 2.45) is 0 Å². The normalized spacial score (nSPS) is 10.5. The fourth-order valence-electron chi connectivity index (χ4n) is 1.98. The van der Waals surface area contributed by atoms with Crippen molar-refractivity contribution < 1.29 is 9.90 Å². The molecule has 1 aromatic heterocycles. The number of hydrogen-bond acceptors (Lipinski definition) is 3. The minimum atomic E-state index is -1.10. The van der Waals surface area contributed by atoms with Crippen LogP contribution >= 0.6 is 11.6 Å². The minimum Gasteiger partial charge on any atom is -0.480 e. The molecular formula is C14H13ClN2O3. The van der Waals surface area contributed by atoms with Gasteiger partial charge in [-0.2, -0.15) is 0 Å². The van der Waals surface area contributed by atoms with Crippen molar-refractivity contribution in [3.63, 3.8) is 0 Å². The lowest BCUT2D eigenvalue weighted by molar-refractivity contribution is -0.137. The number of carbonyl (C=O) groups is 1. The predicted octanol–water partition coefficient (Wildman–Crippen LogP) is 2.21. The number of halogens is 1. The third-order valence-corrected chi connectivity index (χ3v) is 3.13. The molecule has 0 bridgehead atoms. The van der Waals surface area contributed by atoms with Crippen LogP contribution in [0.25, 0.3) is 11.3 Å². The Morgan fingerprint density at radius 2 is 2.00 bits per heavy atom. The number of rotatable bonds is 4. The van der Waals surface area contributed by atoms with Crippen molar-refractivity contribution in [1.82, 2.24) is 9.55 Å². The summed E-state index contributed by atoms with van der Waals surface area (Å²) in [7, 11) is 0. The van der Waals surface area contributed by atoms with Crippen LogP contribution in [0.2, 0.25) is 5.15 Å². The van der Waals surface area contributed by atoms with Crippen molar-refractivity contribution in [2.75, 3.05) is 0 Å². The highest BCUT2D eigenvalue weighted by atomic mass is 35.5. The Morgan fingerprint density at radius 1 is 1.35 bits per heavy atom. The molecule has 0 unspecified atom stereocenters. The van der Waals surface area contributed by atoms with Gasteiger partial charge >= 0.3 is 5.97 Å². The van der Waals surface area contributed by atoms with E-state index in [1.165, 1.54) is 0 Å². The smallest absolute Gasteiger partial charge is 0.323 e. The number of aryl methyl sites for hydroxylation is 1. The molecule has 0 aliphatic rings. The minimum absolute atomic E-state index is 0.133. The van der Waals surface area contributed by atoms with Gasteiger partial charge in [-0.25, -0.2) is 4.98 Å². The first kappa shape index (κ1) is 14.3. The van der Waals surface area contributed by atoms with E-state index in [9.17, 15) is 9.59 Å². The first-order chi connectivity index (χ1) is 9.54. The molecule has 0 aliphatic heterocycles. The highest BCUT2D eigenvalue weighted by molar-refractivity contribution is 6.31. The molecule has 0 spiro atoms. The van der Waals surface area contributed by atoms with Gasteiger partial charge in [-0.05, 0) is 6.42 Å². The van der Waals surface area contributed by atoms with Crippen LogP contribution in [0, 0.1) is 0 Å². The van der Waals surface area contributed by atoms with Crippen molar-refractivity contribution in [2.45, 2.75) is 19.9 Å². The molecular weight excluding hydrogens is 280 g/mol. The molecule has 0 saturated carbocycles. The fourth-order valence-corrected chi connectivity index (χ4v) is 2.29. The second kappa shape index (κ2) is 5.88. The van der Waals surface area contributed by atoms with E-state index in [1.54, 1.807) is 31.2 Å². The molecule has 1 aromatic carbocycles. The molecule has 0 fully saturated rings. The summed E-state index contributed by atoms with van der Waals surface area (Å²) in [5.41, 5.74) is 0.831. The Kier molecular flexibility index (Phi) is 4.20. The first-order valence-corrected chi connectivity index (χ1v) is 6.48. The highest BCUT2D eigenvalue weighted by Gasteiger charge is 2.17. The second-order valence-electron chi connectivity index (χ2n) is 4.20. The molecule has 0 amide bonds. The summed E-state index contributed by atoms with van der Waals surface area (Å²) in [6.45, 7) is 1.33. The van der Waals surface area contributed by atoms with Gasteiger partial charge in [0.25, 0.3) is 5.56 Å². The molecule has 5 nitrogen and oxygen atoms in total. The van der Waals surface area contributed by atoms with Gasteiger partial charge in [-0.3, -0.25) is 14.2 Å². The standard InChI is InChI=1S/C14H13ClN2O3/c1-2-10-14(20)17(8-11(18)19)12(13(15)16-10)9-6-4-3-5-7-9/h3-7H,2,8H2,1H3,(H,18,19). The van der Waals surface area contributed by atoms with Crippen molar-refractivity contribution >= 4 is 17.6 Å². The monoisotopic (exact) mass is 292 g/mol. The van der Waals surface area contributed by atoms with Gasteiger partial charge in [-0.15, -0.1) is 0 Å². The van der Waals surface area contributed by atoms with Gasteiger partial charge in [0, 0.05) is 5.56 Å². The van der Waals surface area contributed by atoms with Crippen LogP contribution < -0.4 is 5.56 Å². The van der Waals surface area contributed by atoms with Crippen LogP contribution in [-0.2, 0) is 17.8 Å². The molecule has 0 radical (unpaired) electrons. The average Bonchev–Trinajstić information content (AvgIpc) is 2.43. The lowest BCUT2D eigenvalue weighted by Gasteiger charge is -2.14. The molecule has 2 rings (SSSR count). The molecule has 104 valence electrons. The first-order valence-electron chi connectivity index (χ1n) is 6.11. The molecule has 2 aromatic rings. The van der Waals surface area contributed by atoms with E-state index in [4.69, 9.17) is 16.7 Å². The van der Waals surface area contributed by atoms with E-state index in [0.717, 1.165) is 4.57 Å². The highest BCUT2D eigenvalue weighted by Crippen LogP contribution is 2.25. The zero-order chi connectivity index (χ0) is 14.7. The maximum atomic E-state index is 12.3. The Hall–Kier alpha value is -2.14. The zero-order valence-electron chi connectivity index (χ0n) is 10.8. The van der Waals surface area contributed by atoms with E-state index in [-0.39, 0.29) is 10.8 Å². The molecule has 0 aliphatic carbocycles. The number of aromatic nitrogens is 2. The van der Waals surface area contributed by atoms with E-state index < -0.39 is 18.1 Å². The van der Waals surface area contributed by atoms with Crippen molar-refractivity contribution in [3.05, 3.63) is 51.5 Å². The summed E-state index contributed by atoms with van der Waals surface area (Å²) in [6.07, 6.45) is 0.396. The summed E-state index contributed by atoms with van der Waals surface area (Å²) in [5.74, 6) is -1.10. The molecule has 0 atom stereocenters. The van der Waals surface area contributed by atoms with Gasteiger partial charge in [0.15, 0.2) is 5.15 Å². The van der Waals surface area contributed by atoms with Crippen LogP contribution in [0.15, 0.2) is 35.1 Å². The van der Waals surface area contributed by atoms with Crippen LogP contribution in [0.5, 0.6) is 0 Å². The average molecular weight is 293 g/mol. The fraction of sp³-hybridized carbons (Fsp3) is 0.214. The van der Waals surface area contributed by atoms with Crippen LogP contribution in [-0.4, -0.2) is 20.6 Å². The topological polar surface area (TPSA) is 72.2 Å². The number of carboxylic acids is 1. The Balaban J connectivity index is 2.75. The van der Waals surface area contributed by atoms with Gasteiger partial charge < -0.3 is 5.11 Å². The van der Waals surface area contributed by atoms with Crippen molar-refractivity contribution in [3.8, 4) is 11.3 Å². The van der Waals surface area contributed by atoms with Gasteiger partial charge in [0.2, 0.25) is 0 Å². The lowest BCUT2D eigenvalue weighted by atomic mass is 10.1. The molecule has 1 N–H and O–H groups in total. The maximum Gasteiger partial charge on any atom is 0.323 e. The van der Waals surface area contributed by atoms with Gasteiger partial charge in [0.1, 0.15) is 12.2 Å². The summed E-state index contributed by atoms with van der Waals surface area (Å²) in [5, 5.41) is 9.13. The Labute approximate surface area is 120 Å². The number of benzene rings is 1. The largest absolute Gasteiger partial charge is 0.480 e. The maximum absolute atomic E-state index is 12.3. The Morgan fingerprint density at radius 3 is 2.55 bits per heavy atom. The number of carboxylic acid groups (broad SMARTS) is 1. The third-order valence-electron chi connectivity index (χ3n) is 2.87. The Bertz CT molecular complexity index is 696. The number of nitrogens with zero attached hydrogens (tertiary/aromatic N) is 2.